The van der Waals surface area contributed by atoms with Gasteiger partial charge in [-0.3, -0.25) is 28.8 Å². The number of carbonyl (C=O) groups excluding carboxylic acids is 3. The third kappa shape index (κ3) is 12.0. The highest BCUT2D eigenvalue weighted by molar-refractivity contribution is 5.95. The molecule has 0 aromatic heterocycles. The van der Waals surface area contributed by atoms with Crippen LogP contribution in [0.25, 0.3) is 0 Å². The van der Waals surface area contributed by atoms with E-state index in [0.29, 0.717) is 0 Å². The molecule has 0 bridgehead atoms. The molecule has 10 N–H and O–H groups in total. The summed E-state index contributed by atoms with van der Waals surface area (Å²) in [5.74, 6) is -9.09. The lowest BCUT2D eigenvalue weighted by atomic mass is 10.1. The Balaban J connectivity index is 5.55. The number of carbonyl (C=O) groups is 7. The molecule has 0 aliphatic carbocycles. The fourth-order valence-electron chi connectivity index (χ4n) is 2.36. The SMILES string of the molecule is NC(CC(=O)O)C(=O)NC(CCC(=O)O)C(=O)NC(CCC(=O)O)C(=O)NC(CO)C(=O)O. The predicted molar refractivity (Wildman–Crippen MR) is 104 cm³/mol. The van der Waals surface area contributed by atoms with Crippen molar-refractivity contribution in [1.29, 1.82) is 0 Å². The van der Waals surface area contributed by atoms with Gasteiger partial charge in [-0.1, -0.05) is 0 Å². The lowest BCUT2D eigenvalue weighted by molar-refractivity contribution is -0.144. The van der Waals surface area contributed by atoms with E-state index in [1.165, 1.54) is 0 Å². The third-order valence-corrected chi connectivity index (χ3v) is 4.09. The number of rotatable bonds is 16. The number of amides is 3. The van der Waals surface area contributed by atoms with E-state index in [4.69, 9.17) is 31.3 Å². The first-order valence-corrected chi connectivity index (χ1v) is 9.44. The van der Waals surface area contributed by atoms with E-state index in [2.05, 4.69) is 10.6 Å². The number of aliphatic hydroxyl groups excluding tert-OH is 1. The first-order chi connectivity index (χ1) is 15.3. The zero-order valence-electron chi connectivity index (χ0n) is 17.2. The number of hydrogen-bond donors (Lipinski definition) is 9. The predicted octanol–water partition coefficient (Wildman–Crippen LogP) is -3.95. The molecule has 3 amide bonds. The van der Waals surface area contributed by atoms with Crippen LogP contribution < -0.4 is 21.7 Å². The van der Waals surface area contributed by atoms with E-state index in [1.54, 1.807) is 0 Å². The molecule has 33 heavy (non-hydrogen) atoms. The molecule has 0 aromatic rings. The molecule has 0 aliphatic rings. The normalized spacial score (nSPS) is 14.1. The lowest BCUT2D eigenvalue weighted by Crippen LogP contribution is -2.57. The van der Waals surface area contributed by atoms with E-state index in [0.717, 1.165) is 0 Å². The standard InChI is InChI=1S/C17H26N4O12/c18-7(5-13(27)28)14(29)19-8(1-3-11(23)24)15(30)20-9(2-4-12(25)26)16(31)21-10(6-22)17(32)33/h7-10,22H,1-6,18H2,(H,19,29)(H,20,30)(H,21,31)(H,23,24)(H,25,26)(H,27,28)(H,32,33). The first-order valence-electron chi connectivity index (χ1n) is 9.44. The number of carboxylic acid groups (broad SMARTS) is 4. The second kappa shape index (κ2) is 14.3. The molecule has 0 rings (SSSR count). The molecule has 16 heteroatoms. The van der Waals surface area contributed by atoms with Crippen molar-refractivity contribution in [3.05, 3.63) is 0 Å². The molecule has 0 heterocycles. The van der Waals surface area contributed by atoms with Crippen molar-refractivity contribution in [2.24, 2.45) is 5.73 Å². The second-order valence-electron chi connectivity index (χ2n) is 6.77. The van der Waals surface area contributed by atoms with Gasteiger partial charge in [-0.15, -0.1) is 0 Å². The minimum absolute atomic E-state index is 0.492. The van der Waals surface area contributed by atoms with Crippen LogP contribution in [0.5, 0.6) is 0 Å². The topological polar surface area (TPSA) is 283 Å². The van der Waals surface area contributed by atoms with Gasteiger partial charge in [-0.25, -0.2) is 4.79 Å². The Morgan fingerprint density at radius 2 is 1.03 bits per heavy atom. The van der Waals surface area contributed by atoms with E-state index in [9.17, 15) is 33.6 Å². The Morgan fingerprint density at radius 1 is 0.636 bits per heavy atom. The molecule has 0 fully saturated rings. The number of hydrogen-bond acceptors (Lipinski definition) is 9. The van der Waals surface area contributed by atoms with Crippen LogP contribution in [0.4, 0.5) is 0 Å². The van der Waals surface area contributed by atoms with Gasteiger partial charge in [0.1, 0.15) is 18.1 Å². The molecular weight excluding hydrogens is 452 g/mol. The number of nitrogens with two attached hydrogens (primary N) is 1. The monoisotopic (exact) mass is 478 g/mol. The molecule has 16 nitrogen and oxygen atoms in total. The minimum Gasteiger partial charge on any atom is -0.481 e. The maximum absolute atomic E-state index is 12.6. The summed E-state index contributed by atoms with van der Waals surface area (Å²) in [4.78, 5) is 80.4. The van der Waals surface area contributed by atoms with Gasteiger partial charge in [-0.2, -0.15) is 0 Å². The summed E-state index contributed by atoms with van der Waals surface area (Å²) >= 11 is 0. The summed E-state index contributed by atoms with van der Waals surface area (Å²) in [6.45, 7) is -1.00. The van der Waals surface area contributed by atoms with E-state index >= 15 is 0 Å². The number of aliphatic hydroxyl groups is 1. The van der Waals surface area contributed by atoms with Gasteiger partial charge >= 0.3 is 23.9 Å². The van der Waals surface area contributed by atoms with Gasteiger partial charge in [0.15, 0.2) is 0 Å². The number of carboxylic acids is 4. The summed E-state index contributed by atoms with van der Waals surface area (Å²) in [7, 11) is 0. The van der Waals surface area contributed by atoms with Crippen molar-refractivity contribution in [2.75, 3.05) is 6.61 Å². The fraction of sp³-hybridized carbons (Fsp3) is 0.588. The van der Waals surface area contributed by atoms with Gasteiger partial charge in [0, 0.05) is 12.8 Å². The minimum atomic E-state index is -1.75. The Labute approximate surface area is 186 Å². The average molecular weight is 478 g/mol. The summed E-state index contributed by atoms with van der Waals surface area (Å²) in [5.41, 5.74) is 5.40. The highest BCUT2D eigenvalue weighted by Crippen LogP contribution is 2.05. The van der Waals surface area contributed by atoms with E-state index in [1.807, 2.05) is 5.32 Å². The zero-order chi connectivity index (χ0) is 25.7. The van der Waals surface area contributed by atoms with Gasteiger partial charge < -0.3 is 47.2 Å². The highest BCUT2D eigenvalue weighted by Gasteiger charge is 2.31. The molecule has 0 spiro atoms. The van der Waals surface area contributed by atoms with Crippen LogP contribution in [0.15, 0.2) is 0 Å². The summed E-state index contributed by atoms with van der Waals surface area (Å²) in [5, 5.41) is 50.4. The quantitative estimate of drug-likeness (QED) is 0.102. The first kappa shape index (κ1) is 29.2. The van der Waals surface area contributed by atoms with Crippen LogP contribution in [-0.2, 0) is 33.6 Å². The van der Waals surface area contributed by atoms with Crippen molar-refractivity contribution in [1.82, 2.24) is 16.0 Å². The Bertz CT molecular complexity index is 771. The van der Waals surface area contributed by atoms with Crippen LogP contribution in [0, 0.1) is 0 Å². The van der Waals surface area contributed by atoms with Crippen molar-refractivity contribution in [3.63, 3.8) is 0 Å². The average Bonchev–Trinajstić information content (AvgIpc) is 2.70. The van der Waals surface area contributed by atoms with Gasteiger partial charge in [-0.05, 0) is 12.8 Å². The van der Waals surface area contributed by atoms with Crippen LogP contribution in [0.2, 0.25) is 0 Å². The number of aliphatic carboxylic acids is 4. The molecule has 4 unspecified atom stereocenters. The summed E-state index contributed by atoms with van der Waals surface area (Å²) < 4.78 is 0. The van der Waals surface area contributed by atoms with Crippen LogP contribution in [0.1, 0.15) is 32.1 Å². The lowest BCUT2D eigenvalue weighted by Gasteiger charge is -2.24. The van der Waals surface area contributed by atoms with Gasteiger partial charge in [0.25, 0.3) is 0 Å². The molecule has 0 aromatic carbocycles. The maximum atomic E-state index is 12.6. The summed E-state index contributed by atoms with van der Waals surface area (Å²) in [6, 6.07) is -6.55. The Hall–Kier alpha value is -3.79. The Morgan fingerprint density at radius 3 is 1.36 bits per heavy atom. The van der Waals surface area contributed by atoms with Crippen molar-refractivity contribution < 1.29 is 59.1 Å². The van der Waals surface area contributed by atoms with Crippen LogP contribution in [-0.4, -0.2) is 97.9 Å². The van der Waals surface area contributed by atoms with Crippen molar-refractivity contribution in [2.45, 2.75) is 56.3 Å². The second-order valence-corrected chi connectivity index (χ2v) is 6.77. The number of nitrogens with one attached hydrogen (secondary N) is 3. The van der Waals surface area contributed by atoms with Crippen molar-refractivity contribution >= 4 is 41.6 Å². The van der Waals surface area contributed by atoms with E-state index < -0.39 is 104 Å². The molecule has 0 saturated carbocycles. The molecule has 186 valence electrons. The van der Waals surface area contributed by atoms with Gasteiger partial charge in [0.2, 0.25) is 17.7 Å². The largest absolute Gasteiger partial charge is 0.481 e. The van der Waals surface area contributed by atoms with Crippen LogP contribution in [0.3, 0.4) is 0 Å². The molecule has 0 saturated heterocycles. The fourth-order valence-corrected chi connectivity index (χ4v) is 2.36. The highest BCUT2D eigenvalue weighted by atomic mass is 16.4. The van der Waals surface area contributed by atoms with Crippen molar-refractivity contribution in [3.8, 4) is 0 Å². The molecular formula is C17H26N4O12. The smallest absolute Gasteiger partial charge is 0.328 e. The van der Waals surface area contributed by atoms with Crippen LogP contribution >= 0.6 is 0 Å². The Kier molecular flexibility index (Phi) is 12.7. The molecule has 0 radical (unpaired) electrons. The summed E-state index contributed by atoms with van der Waals surface area (Å²) in [6.07, 6.45) is -3.05. The maximum Gasteiger partial charge on any atom is 0.328 e. The van der Waals surface area contributed by atoms with E-state index in [-0.39, 0.29) is 0 Å². The van der Waals surface area contributed by atoms with Gasteiger partial charge in [0.05, 0.1) is 19.1 Å². The third-order valence-electron chi connectivity index (χ3n) is 4.09. The molecule has 0 aliphatic heterocycles. The molecule has 4 atom stereocenters. The zero-order valence-corrected chi connectivity index (χ0v) is 17.2.